The van der Waals surface area contributed by atoms with Gasteiger partial charge in [0.25, 0.3) is 5.69 Å². The Balaban J connectivity index is 2.26. The lowest BCUT2D eigenvalue weighted by Crippen LogP contribution is -2.07. The normalized spacial score (nSPS) is 11.4. The maximum atomic E-state index is 12.8. The van der Waals surface area contributed by atoms with E-state index in [2.05, 4.69) is 0 Å². The lowest BCUT2D eigenvalue weighted by atomic mass is 10.2. The summed E-state index contributed by atoms with van der Waals surface area (Å²) >= 11 is 2.76. The quantitative estimate of drug-likeness (QED) is 0.378. The number of nitro benzene ring substituents is 1. The second kappa shape index (κ2) is 6.22. The van der Waals surface area contributed by atoms with E-state index in [1.54, 1.807) is 28.7 Å². The molecule has 3 nitrogen and oxygen atoms in total. The Labute approximate surface area is 135 Å². The number of hydrogen-bond donors (Lipinski definition) is 0. The number of alkyl halides is 3. The zero-order valence-corrected chi connectivity index (χ0v) is 13.2. The molecule has 0 aromatic heterocycles. The molecule has 0 aliphatic heterocycles. The second-order valence-corrected chi connectivity index (χ2v) is 6.30. The van der Waals surface area contributed by atoms with Gasteiger partial charge in [0, 0.05) is 25.5 Å². The van der Waals surface area contributed by atoms with Gasteiger partial charge in [-0.2, -0.15) is 13.2 Å². The fraction of sp³-hybridized carbons (Fsp3) is 0.0769. The first-order chi connectivity index (χ1) is 9.77. The van der Waals surface area contributed by atoms with Gasteiger partial charge in [-0.3, -0.25) is 10.1 Å². The van der Waals surface area contributed by atoms with Gasteiger partial charge in [0.15, 0.2) is 0 Å². The summed E-state index contributed by atoms with van der Waals surface area (Å²) in [5.74, 6) is 0. The average molecular weight is 425 g/mol. The van der Waals surface area contributed by atoms with E-state index in [4.69, 9.17) is 0 Å². The average Bonchev–Trinajstić information content (AvgIpc) is 2.40. The number of non-ortho nitro benzene ring substituents is 1. The van der Waals surface area contributed by atoms with E-state index in [-0.39, 0.29) is 9.26 Å². The Morgan fingerprint density at radius 1 is 1.05 bits per heavy atom. The van der Waals surface area contributed by atoms with Crippen LogP contribution in [0.5, 0.6) is 0 Å². The number of nitrogens with zero attached hydrogens (tertiary/aromatic N) is 1. The van der Waals surface area contributed by atoms with Gasteiger partial charge in [-0.15, -0.1) is 0 Å². The van der Waals surface area contributed by atoms with E-state index in [9.17, 15) is 23.3 Å². The van der Waals surface area contributed by atoms with Gasteiger partial charge < -0.3 is 0 Å². The third kappa shape index (κ3) is 4.10. The largest absolute Gasteiger partial charge is 0.417 e. The van der Waals surface area contributed by atoms with Crippen LogP contribution in [-0.4, -0.2) is 4.92 Å². The molecule has 0 atom stereocenters. The number of hydrogen-bond acceptors (Lipinski definition) is 3. The summed E-state index contributed by atoms with van der Waals surface area (Å²) < 4.78 is 38.6. The highest BCUT2D eigenvalue weighted by Crippen LogP contribution is 2.37. The summed E-state index contributed by atoms with van der Waals surface area (Å²) in [5, 5.41) is 10.5. The van der Waals surface area contributed by atoms with Crippen molar-refractivity contribution in [3.63, 3.8) is 0 Å². The highest BCUT2D eigenvalue weighted by molar-refractivity contribution is 14.1. The molecule has 2 aromatic rings. The SMILES string of the molecule is O=[N+]([O-])c1ccc(Sc2ccc(I)c(C(F)(F)F)c2)cc1. The van der Waals surface area contributed by atoms with Gasteiger partial charge in [0.1, 0.15) is 0 Å². The smallest absolute Gasteiger partial charge is 0.258 e. The van der Waals surface area contributed by atoms with Crippen LogP contribution >= 0.6 is 34.4 Å². The molecule has 0 aliphatic rings. The van der Waals surface area contributed by atoms with Crippen molar-refractivity contribution in [2.24, 2.45) is 0 Å². The fourth-order valence-corrected chi connectivity index (χ4v) is 3.06. The maximum absolute atomic E-state index is 12.8. The number of rotatable bonds is 3. The van der Waals surface area contributed by atoms with Crippen molar-refractivity contribution < 1.29 is 18.1 Å². The van der Waals surface area contributed by atoms with E-state index in [1.807, 2.05) is 0 Å². The first-order valence-electron chi connectivity index (χ1n) is 5.56. The van der Waals surface area contributed by atoms with E-state index in [0.717, 1.165) is 17.8 Å². The molecule has 0 bridgehead atoms. The van der Waals surface area contributed by atoms with Crippen LogP contribution in [0.25, 0.3) is 0 Å². The Hall–Kier alpha value is -1.29. The van der Waals surface area contributed by atoms with Crippen molar-refractivity contribution >= 4 is 40.0 Å². The summed E-state index contributed by atoms with van der Waals surface area (Å²) in [6.07, 6.45) is -4.40. The summed E-state index contributed by atoms with van der Waals surface area (Å²) in [6, 6.07) is 9.72. The topological polar surface area (TPSA) is 43.1 Å². The highest BCUT2D eigenvalue weighted by Gasteiger charge is 2.33. The molecule has 0 unspecified atom stereocenters. The van der Waals surface area contributed by atoms with Crippen molar-refractivity contribution in [3.8, 4) is 0 Å². The van der Waals surface area contributed by atoms with Gasteiger partial charge in [-0.1, -0.05) is 11.8 Å². The van der Waals surface area contributed by atoms with Crippen LogP contribution in [0, 0.1) is 13.7 Å². The van der Waals surface area contributed by atoms with Gasteiger partial charge in [-0.05, 0) is 52.9 Å². The molecule has 0 fully saturated rings. The third-order valence-corrected chi connectivity index (χ3v) is 4.46. The predicted molar refractivity (Wildman–Crippen MR) is 81.4 cm³/mol. The van der Waals surface area contributed by atoms with Crippen LogP contribution in [-0.2, 0) is 6.18 Å². The van der Waals surface area contributed by atoms with Crippen LogP contribution in [0.4, 0.5) is 18.9 Å². The Morgan fingerprint density at radius 2 is 1.62 bits per heavy atom. The predicted octanol–water partition coefficient (Wildman–Crippen LogP) is 5.37. The van der Waals surface area contributed by atoms with Crippen LogP contribution in [0.1, 0.15) is 5.56 Å². The third-order valence-electron chi connectivity index (χ3n) is 2.53. The monoisotopic (exact) mass is 425 g/mol. The summed E-state index contributed by atoms with van der Waals surface area (Å²) in [7, 11) is 0. The van der Waals surface area contributed by atoms with Crippen LogP contribution in [0.15, 0.2) is 52.3 Å². The fourth-order valence-electron chi connectivity index (χ4n) is 1.56. The molecule has 0 heterocycles. The van der Waals surface area contributed by atoms with Gasteiger partial charge >= 0.3 is 6.18 Å². The molecule has 0 saturated carbocycles. The lowest BCUT2D eigenvalue weighted by molar-refractivity contribution is -0.384. The molecule has 0 aliphatic carbocycles. The minimum absolute atomic E-state index is 0.0575. The molecular weight excluding hydrogens is 418 g/mol. The molecule has 21 heavy (non-hydrogen) atoms. The van der Waals surface area contributed by atoms with E-state index in [0.29, 0.717) is 9.79 Å². The van der Waals surface area contributed by atoms with E-state index >= 15 is 0 Å². The highest BCUT2D eigenvalue weighted by atomic mass is 127. The zero-order valence-electron chi connectivity index (χ0n) is 10.2. The van der Waals surface area contributed by atoms with Crippen molar-refractivity contribution in [1.29, 1.82) is 0 Å². The van der Waals surface area contributed by atoms with Crippen LogP contribution in [0.2, 0.25) is 0 Å². The molecule has 8 heteroatoms. The Kier molecular flexibility index (Phi) is 4.77. The molecule has 0 amide bonds. The van der Waals surface area contributed by atoms with Crippen LogP contribution < -0.4 is 0 Å². The van der Waals surface area contributed by atoms with Gasteiger partial charge in [0.05, 0.1) is 10.5 Å². The van der Waals surface area contributed by atoms with E-state index in [1.165, 1.54) is 30.3 Å². The molecule has 0 radical (unpaired) electrons. The molecule has 2 rings (SSSR count). The lowest BCUT2D eigenvalue weighted by Gasteiger charge is -2.11. The van der Waals surface area contributed by atoms with Gasteiger partial charge in [0.2, 0.25) is 0 Å². The summed E-state index contributed by atoms with van der Waals surface area (Å²) in [6.45, 7) is 0. The maximum Gasteiger partial charge on any atom is 0.417 e. The molecule has 2 aromatic carbocycles. The number of nitro groups is 1. The summed E-state index contributed by atoms with van der Waals surface area (Å²) in [4.78, 5) is 11.1. The minimum Gasteiger partial charge on any atom is -0.258 e. The van der Waals surface area contributed by atoms with Gasteiger partial charge in [-0.25, -0.2) is 0 Å². The molecule has 0 spiro atoms. The van der Waals surface area contributed by atoms with Crippen molar-refractivity contribution in [1.82, 2.24) is 0 Å². The van der Waals surface area contributed by atoms with E-state index < -0.39 is 16.7 Å². The standard InChI is InChI=1S/C13H7F3INO2S/c14-13(15,16)11-7-10(5-6-12(11)17)21-9-3-1-8(2-4-9)18(19)20/h1-7H. The second-order valence-electron chi connectivity index (χ2n) is 3.99. The van der Waals surface area contributed by atoms with Crippen LogP contribution in [0.3, 0.4) is 0 Å². The van der Waals surface area contributed by atoms with Crippen molar-refractivity contribution in [3.05, 3.63) is 61.7 Å². The zero-order chi connectivity index (χ0) is 15.6. The molecule has 0 N–H and O–H groups in total. The van der Waals surface area contributed by atoms with Crippen molar-refractivity contribution in [2.75, 3.05) is 0 Å². The molecular formula is C13H7F3INO2S. The Morgan fingerprint density at radius 3 is 2.14 bits per heavy atom. The Bertz CT molecular complexity index is 674. The first kappa shape index (κ1) is 16.1. The number of halogens is 4. The minimum atomic E-state index is -4.40. The first-order valence-corrected chi connectivity index (χ1v) is 7.46. The van der Waals surface area contributed by atoms with Crippen molar-refractivity contribution in [2.45, 2.75) is 16.0 Å². The summed E-state index contributed by atoms with van der Waals surface area (Å²) in [5.41, 5.74) is -0.743. The molecule has 0 saturated heterocycles. The number of benzene rings is 2. The molecule has 110 valence electrons.